The van der Waals surface area contributed by atoms with Crippen LogP contribution in [0.25, 0.3) is 0 Å². The van der Waals surface area contributed by atoms with Crippen LogP contribution in [0.1, 0.15) is 39.2 Å². The molecule has 0 atom stereocenters. The van der Waals surface area contributed by atoms with Gasteiger partial charge in [0.25, 0.3) is 0 Å². The van der Waals surface area contributed by atoms with Gasteiger partial charge in [0, 0.05) is 26.3 Å². The van der Waals surface area contributed by atoms with Gasteiger partial charge in [0.2, 0.25) is 0 Å². The van der Waals surface area contributed by atoms with Crippen LogP contribution in [0.3, 0.4) is 0 Å². The van der Waals surface area contributed by atoms with Crippen molar-refractivity contribution in [3.63, 3.8) is 0 Å². The summed E-state index contributed by atoms with van der Waals surface area (Å²) in [4.78, 5) is 4.76. The fourth-order valence-corrected chi connectivity index (χ4v) is 3.11. The highest BCUT2D eigenvalue weighted by molar-refractivity contribution is 5.45. The number of nitrogens with zero attached hydrogens (tertiary/aromatic N) is 2. The number of anilines is 1. The SMILES string of the molecule is CN(C)c1ccc(CN2CCC(C(C)(C)C)CC2)cc1. The van der Waals surface area contributed by atoms with Gasteiger partial charge in [-0.1, -0.05) is 32.9 Å². The van der Waals surface area contributed by atoms with Gasteiger partial charge in [-0.3, -0.25) is 4.90 Å². The lowest BCUT2D eigenvalue weighted by Crippen LogP contribution is -2.37. The van der Waals surface area contributed by atoms with Gasteiger partial charge in [0.15, 0.2) is 0 Å². The molecule has 2 nitrogen and oxygen atoms in total. The second kappa shape index (κ2) is 6.17. The van der Waals surface area contributed by atoms with Crippen molar-refractivity contribution in [3.8, 4) is 0 Å². The first-order valence-corrected chi connectivity index (χ1v) is 7.85. The number of piperidine rings is 1. The van der Waals surface area contributed by atoms with Crippen LogP contribution >= 0.6 is 0 Å². The summed E-state index contributed by atoms with van der Waals surface area (Å²) >= 11 is 0. The smallest absolute Gasteiger partial charge is 0.0361 e. The fourth-order valence-electron chi connectivity index (χ4n) is 3.11. The zero-order valence-electron chi connectivity index (χ0n) is 13.8. The molecule has 0 N–H and O–H groups in total. The lowest BCUT2D eigenvalue weighted by molar-refractivity contribution is 0.108. The lowest BCUT2D eigenvalue weighted by Gasteiger charge is -2.38. The first-order chi connectivity index (χ1) is 9.36. The van der Waals surface area contributed by atoms with Crippen LogP contribution in [0, 0.1) is 11.3 Å². The third-order valence-corrected chi connectivity index (χ3v) is 4.67. The molecule has 0 radical (unpaired) electrons. The molecular formula is C18H30N2. The molecule has 1 aromatic carbocycles. The quantitative estimate of drug-likeness (QED) is 0.821. The molecule has 0 saturated carbocycles. The summed E-state index contributed by atoms with van der Waals surface area (Å²) in [5.74, 6) is 0.884. The van der Waals surface area contributed by atoms with E-state index in [1.165, 1.54) is 37.2 Å². The van der Waals surface area contributed by atoms with Crippen molar-refractivity contribution in [1.82, 2.24) is 4.90 Å². The molecule has 1 saturated heterocycles. The highest BCUT2D eigenvalue weighted by Crippen LogP contribution is 2.34. The first kappa shape index (κ1) is 15.4. The molecule has 2 heteroatoms. The van der Waals surface area contributed by atoms with Gasteiger partial charge in [0.1, 0.15) is 0 Å². The molecule has 1 aliphatic rings. The summed E-state index contributed by atoms with van der Waals surface area (Å²) in [5, 5.41) is 0. The van der Waals surface area contributed by atoms with Crippen LogP contribution in [-0.2, 0) is 6.54 Å². The van der Waals surface area contributed by atoms with E-state index < -0.39 is 0 Å². The summed E-state index contributed by atoms with van der Waals surface area (Å²) in [7, 11) is 4.18. The largest absolute Gasteiger partial charge is 0.378 e. The predicted octanol–water partition coefficient (Wildman–Crippen LogP) is 4.01. The Kier molecular flexibility index (Phi) is 4.74. The average Bonchev–Trinajstić information content (AvgIpc) is 2.39. The second-order valence-corrected chi connectivity index (χ2v) is 7.48. The number of hydrogen-bond donors (Lipinski definition) is 0. The summed E-state index contributed by atoms with van der Waals surface area (Å²) in [6, 6.07) is 8.98. The summed E-state index contributed by atoms with van der Waals surface area (Å²) in [6.45, 7) is 10.7. The molecule has 0 bridgehead atoms. The monoisotopic (exact) mass is 274 g/mol. The van der Waals surface area contributed by atoms with Crippen molar-refractivity contribution >= 4 is 5.69 Å². The van der Waals surface area contributed by atoms with Crippen LogP contribution in [-0.4, -0.2) is 32.1 Å². The van der Waals surface area contributed by atoms with E-state index in [9.17, 15) is 0 Å². The van der Waals surface area contributed by atoms with E-state index in [4.69, 9.17) is 0 Å². The first-order valence-electron chi connectivity index (χ1n) is 7.85. The standard InChI is InChI=1S/C18H30N2/c1-18(2,3)16-10-12-20(13-11-16)14-15-6-8-17(9-7-15)19(4)5/h6-9,16H,10-14H2,1-5H3. The van der Waals surface area contributed by atoms with Crippen molar-refractivity contribution in [2.75, 3.05) is 32.1 Å². The summed E-state index contributed by atoms with van der Waals surface area (Å²) < 4.78 is 0. The van der Waals surface area contributed by atoms with E-state index >= 15 is 0 Å². The Balaban J connectivity index is 1.86. The van der Waals surface area contributed by atoms with Crippen molar-refractivity contribution < 1.29 is 0 Å². The number of rotatable bonds is 3. The van der Waals surface area contributed by atoms with Crippen LogP contribution < -0.4 is 4.90 Å². The summed E-state index contributed by atoms with van der Waals surface area (Å²) in [6.07, 6.45) is 2.69. The number of likely N-dealkylation sites (tertiary alicyclic amines) is 1. The topological polar surface area (TPSA) is 6.48 Å². The van der Waals surface area contributed by atoms with E-state index in [1.807, 2.05) is 0 Å². The number of hydrogen-bond acceptors (Lipinski definition) is 2. The highest BCUT2D eigenvalue weighted by Gasteiger charge is 2.28. The van der Waals surface area contributed by atoms with Gasteiger partial charge in [0.05, 0.1) is 0 Å². The van der Waals surface area contributed by atoms with Crippen molar-refractivity contribution in [3.05, 3.63) is 29.8 Å². The molecule has 1 aliphatic heterocycles. The van der Waals surface area contributed by atoms with E-state index in [0.717, 1.165) is 12.5 Å². The molecule has 20 heavy (non-hydrogen) atoms. The zero-order chi connectivity index (χ0) is 14.8. The molecule has 0 spiro atoms. The molecule has 1 heterocycles. The highest BCUT2D eigenvalue weighted by atomic mass is 15.1. The van der Waals surface area contributed by atoms with Crippen LogP contribution in [0.2, 0.25) is 0 Å². The maximum atomic E-state index is 2.60. The maximum absolute atomic E-state index is 2.60. The van der Waals surface area contributed by atoms with Crippen molar-refractivity contribution in [2.24, 2.45) is 11.3 Å². The molecule has 0 amide bonds. The van der Waals surface area contributed by atoms with Gasteiger partial charge < -0.3 is 4.90 Å². The van der Waals surface area contributed by atoms with Gasteiger partial charge in [-0.2, -0.15) is 0 Å². The van der Waals surface area contributed by atoms with E-state index in [0.29, 0.717) is 5.41 Å². The Bertz CT molecular complexity index is 406. The van der Waals surface area contributed by atoms with Crippen LogP contribution in [0.5, 0.6) is 0 Å². The molecule has 1 aromatic rings. The van der Waals surface area contributed by atoms with Gasteiger partial charge in [-0.15, -0.1) is 0 Å². The van der Waals surface area contributed by atoms with Gasteiger partial charge in [-0.25, -0.2) is 0 Å². The van der Waals surface area contributed by atoms with E-state index in [2.05, 4.69) is 68.9 Å². The Morgan fingerprint density at radius 3 is 2.05 bits per heavy atom. The third kappa shape index (κ3) is 3.99. The minimum absolute atomic E-state index is 0.472. The molecule has 2 rings (SSSR count). The maximum Gasteiger partial charge on any atom is 0.0361 e. The Morgan fingerprint density at radius 1 is 1.05 bits per heavy atom. The molecule has 112 valence electrons. The van der Waals surface area contributed by atoms with E-state index in [1.54, 1.807) is 0 Å². The molecule has 0 unspecified atom stereocenters. The average molecular weight is 274 g/mol. The molecular weight excluding hydrogens is 244 g/mol. The predicted molar refractivity (Wildman–Crippen MR) is 88.2 cm³/mol. The summed E-state index contributed by atoms with van der Waals surface area (Å²) in [5.41, 5.74) is 3.18. The zero-order valence-corrected chi connectivity index (χ0v) is 13.8. The Morgan fingerprint density at radius 2 is 1.60 bits per heavy atom. The van der Waals surface area contributed by atoms with Crippen molar-refractivity contribution in [1.29, 1.82) is 0 Å². The Hall–Kier alpha value is -1.02. The van der Waals surface area contributed by atoms with Crippen molar-refractivity contribution in [2.45, 2.75) is 40.2 Å². The lowest BCUT2D eigenvalue weighted by atomic mass is 9.75. The van der Waals surface area contributed by atoms with Gasteiger partial charge >= 0.3 is 0 Å². The van der Waals surface area contributed by atoms with E-state index in [-0.39, 0.29) is 0 Å². The molecule has 1 fully saturated rings. The fraction of sp³-hybridized carbons (Fsp3) is 0.667. The minimum Gasteiger partial charge on any atom is -0.378 e. The number of benzene rings is 1. The normalized spacial score (nSPS) is 18.2. The van der Waals surface area contributed by atoms with Crippen LogP contribution in [0.4, 0.5) is 5.69 Å². The Labute approximate surface area is 124 Å². The minimum atomic E-state index is 0.472. The van der Waals surface area contributed by atoms with Gasteiger partial charge in [-0.05, 0) is 55.0 Å². The molecule has 0 aromatic heterocycles. The molecule has 0 aliphatic carbocycles. The van der Waals surface area contributed by atoms with Crippen LogP contribution in [0.15, 0.2) is 24.3 Å². The third-order valence-electron chi connectivity index (χ3n) is 4.67. The second-order valence-electron chi connectivity index (χ2n) is 7.48.